The number of hydrogen-bond donors (Lipinski definition) is 0. The van der Waals surface area contributed by atoms with E-state index in [0.717, 1.165) is 10.9 Å². The van der Waals surface area contributed by atoms with Crippen LogP contribution < -0.4 is 14.4 Å². The second kappa shape index (κ2) is 7.67. The number of hydrogen-bond acceptors (Lipinski definition) is 6. The molecule has 1 fully saturated rings. The first-order chi connectivity index (χ1) is 13.6. The molecule has 0 atom stereocenters. The molecule has 4 rings (SSSR count). The molecule has 2 aliphatic rings. The van der Waals surface area contributed by atoms with E-state index in [-0.39, 0.29) is 24.4 Å². The van der Waals surface area contributed by atoms with Crippen LogP contribution >= 0.6 is 11.8 Å². The van der Waals surface area contributed by atoms with Gasteiger partial charge in [-0.05, 0) is 24.5 Å². The highest BCUT2D eigenvalue weighted by Gasteiger charge is 2.40. The summed E-state index contributed by atoms with van der Waals surface area (Å²) in [6, 6.07) is 7.85. The summed E-state index contributed by atoms with van der Waals surface area (Å²) in [7, 11) is 1.57. The number of carbonyl (C=O) groups is 1. The van der Waals surface area contributed by atoms with Crippen molar-refractivity contribution in [1.82, 2.24) is 9.88 Å². The molecule has 0 aliphatic carbocycles. The number of aromatic nitrogens is 1. The van der Waals surface area contributed by atoms with E-state index in [9.17, 15) is 9.18 Å². The molecule has 1 aromatic carbocycles. The molecule has 1 aromatic heterocycles. The molecule has 0 N–H and O–H groups in total. The topological polar surface area (TPSA) is 67.3 Å². The first-order valence-corrected chi connectivity index (χ1v) is 9.93. The zero-order valence-electron chi connectivity index (χ0n) is 15.5. The van der Waals surface area contributed by atoms with Gasteiger partial charge in [0.15, 0.2) is 11.8 Å². The van der Waals surface area contributed by atoms with Crippen LogP contribution in [0, 0.1) is 5.82 Å². The van der Waals surface area contributed by atoms with E-state index >= 15 is 0 Å². The standard InChI is InChI=1S/C19H19FN4O3S/c1-26-17-6-4-13(8-21-17)22-19(28-2)23-9-14(10-23)24-15-5-3-12(20)7-16(15)27-11-18(24)25/h3-8,14H,9-11H2,1-2H3/b22-19+. The fourth-order valence-corrected chi connectivity index (χ4v) is 3.84. The van der Waals surface area contributed by atoms with Gasteiger partial charge in [-0.2, -0.15) is 0 Å². The van der Waals surface area contributed by atoms with Gasteiger partial charge in [0.1, 0.15) is 11.6 Å². The zero-order valence-corrected chi connectivity index (χ0v) is 16.3. The number of anilines is 1. The minimum atomic E-state index is -0.381. The number of likely N-dealkylation sites (tertiary alicyclic amines) is 1. The number of amidine groups is 1. The third kappa shape index (κ3) is 3.49. The molecule has 0 radical (unpaired) electrons. The number of benzene rings is 1. The second-order valence-electron chi connectivity index (χ2n) is 6.38. The minimum Gasteiger partial charge on any atom is -0.481 e. The van der Waals surface area contributed by atoms with Gasteiger partial charge in [0.2, 0.25) is 5.88 Å². The molecule has 1 saturated heterocycles. The van der Waals surface area contributed by atoms with Gasteiger partial charge >= 0.3 is 0 Å². The van der Waals surface area contributed by atoms with Crippen LogP contribution in [0.5, 0.6) is 11.6 Å². The van der Waals surface area contributed by atoms with Crippen molar-refractivity contribution in [1.29, 1.82) is 0 Å². The fraction of sp³-hybridized carbons (Fsp3) is 0.316. The van der Waals surface area contributed by atoms with E-state index in [4.69, 9.17) is 9.47 Å². The summed E-state index contributed by atoms with van der Waals surface area (Å²) >= 11 is 1.53. The normalized spacial score (nSPS) is 17.1. The van der Waals surface area contributed by atoms with E-state index in [1.54, 1.807) is 30.3 Å². The molecule has 0 spiro atoms. The molecule has 0 bridgehead atoms. The van der Waals surface area contributed by atoms with Crippen LogP contribution in [-0.2, 0) is 4.79 Å². The Kier molecular flexibility index (Phi) is 5.08. The lowest BCUT2D eigenvalue weighted by Crippen LogP contribution is -2.63. The Balaban J connectivity index is 1.48. The van der Waals surface area contributed by atoms with Crippen LogP contribution in [0.2, 0.25) is 0 Å². The van der Waals surface area contributed by atoms with E-state index in [1.165, 1.54) is 23.9 Å². The van der Waals surface area contributed by atoms with Crippen LogP contribution in [0.25, 0.3) is 0 Å². The number of amides is 1. The maximum absolute atomic E-state index is 13.5. The molecule has 0 unspecified atom stereocenters. The van der Waals surface area contributed by atoms with Gasteiger partial charge in [0, 0.05) is 25.2 Å². The highest BCUT2D eigenvalue weighted by molar-refractivity contribution is 8.13. The summed E-state index contributed by atoms with van der Waals surface area (Å²) in [5.74, 6) is 0.439. The maximum atomic E-state index is 13.5. The highest BCUT2D eigenvalue weighted by atomic mass is 32.2. The Bertz CT molecular complexity index is 916. The summed E-state index contributed by atoms with van der Waals surface area (Å²) in [5, 5.41) is 0.850. The average Bonchev–Trinajstić information content (AvgIpc) is 2.68. The third-order valence-corrected chi connectivity index (χ3v) is 5.35. The quantitative estimate of drug-likeness (QED) is 0.581. The molecule has 7 nitrogen and oxygen atoms in total. The van der Waals surface area contributed by atoms with Gasteiger partial charge in [0.05, 0.1) is 30.7 Å². The number of nitrogens with zero attached hydrogens (tertiary/aromatic N) is 4. The Labute approximate surface area is 166 Å². The number of methoxy groups -OCH3 is 1. The van der Waals surface area contributed by atoms with Gasteiger partial charge in [-0.25, -0.2) is 14.4 Å². The second-order valence-corrected chi connectivity index (χ2v) is 7.15. The van der Waals surface area contributed by atoms with Crippen molar-refractivity contribution in [3.05, 3.63) is 42.3 Å². The van der Waals surface area contributed by atoms with Crippen molar-refractivity contribution in [2.45, 2.75) is 6.04 Å². The van der Waals surface area contributed by atoms with E-state index < -0.39 is 0 Å². The Hall–Kier alpha value is -2.81. The fourth-order valence-electron chi connectivity index (χ4n) is 3.24. The number of thioether (sulfide) groups is 1. The minimum absolute atomic E-state index is 0.00745. The van der Waals surface area contributed by atoms with Crippen molar-refractivity contribution in [2.75, 3.05) is 38.0 Å². The number of halogens is 1. The Morgan fingerprint density at radius 2 is 2.18 bits per heavy atom. The summed E-state index contributed by atoms with van der Waals surface area (Å²) in [4.78, 5) is 25.0. The van der Waals surface area contributed by atoms with Crippen molar-refractivity contribution in [2.24, 2.45) is 4.99 Å². The first kappa shape index (κ1) is 18.5. The monoisotopic (exact) mass is 402 g/mol. The molecule has 28 heavy (non-hydrogen) atoms. The van der Waals surface area contributed by atoms with Gasteiger partial charge in [-0.3, -0.25) is 9.69 Å². The van der Waals surface area contributed by atoms with Crippen LogP contribution in [-0.4, -0.2) is 60.1 Å². The van der Waals surface area contributed by atoms with Crippen molar-refractivity contribution in [3.63, 3.8) is 0 Å². The maximum Gasteiger partial charge on any atom is 0.265 e. The summed E-state index contributed by atoms with van der Waals surface area (Å²) < 4.78 is 23.9. The lowest BCUT2D eigenvalue weighted by molar-refractivity contribution is -0.122. The highest BCUT2D eigenvalue weighted by Crippen LogP contribution is 2.36. The predicted molar refractivity (Wildman–Crippen MR) is 106 cm³/mol. The zero-order chi connectivity index (χ0) is 19.7. The number of aliphatic imine (C=N–C) groups is 1. The Morgan fingerprint density at radius 1 is 1.36 bits per heavy atom. The van der Waals surface area contributed by atoms with Crippen molar-refractivity contribution < 1.29 is 18.7 Å². The predicted octanol–water partition coefficient (Wildman–Crippen LogP) is 2.69. The van der Waals surface area contributed by atoms with Crippen LogP contribution in [0.4, 0.5) is 15.8 Å². The number of carbonyl (C=O) groups excluding carboxylic acids is 1. The third-order valence-electron chi connectivity index (χ3n) is 4.64. The summed E-state index contributed by atoms with van der Waals surface area (Å²) in [5.41, 5.74) is 1.35. The van der Waals surface area contributed by atoms with Crippen molar-refractivity contribution in [3.8, 4) is 11.6 Å². The number of fused-ring (bicyclic) bond motifs is 1. The molecule has 9 heteroatoms. The molecule has 2 aliphatic heterocycles. The van der Waals surface area contributed by atoms with E-state index in [0.29, 0.717) is 30.4 Å². The first-order valence-electron chi connectivity index (χ1n) is 8.71. The number of pyridine rings is 1. The van der Waals surface area contributed by atoms with Crippen LogP contribution in [0.3, 0.4) is 0 Å². The molecule has 146 valence electrons. The van der Waals surface area contributed by atoms with Gasteiger partial charge in [-0.15, -0.1) is 0 Å². The summed E-state index contributed by atoms with van der Waals surface area (Å²) in [6.07, 6.45) is 3.61. The van der Waals surface area contributed by atoms with Gasteiger partial charge in [-0.1, -0.05) is 11.8 Å². The smallest absolute Gasteiger partial charge is 0.265 e. The molecule has 0 saturated carbocycles. The number of ether oxygens (including phenoxy) is 2. The molecule has 2 aromatic rings. The lowest BCUT2D eigenvalue weighted by atomic mass is 10.1. The van der Waals surface area contributed by atoms with Gasteiger partial charge < -0.3 is 14.4 Å². The van der Waals surface area contributed by atoms with Crippen LogP contribution in [0.1, 0.15) is 0 Å². The van der Waals surface area contributed by atoms with Crippen LogP contribution in [0.15, 0.2) is 41.5 Å². The van der Waals surface area contributed by atoms with E-state index in [1.807, 2.05) is 12.3 Å². The number of rotatable bonds is 3. The SMILES string of the molecule is COc1ccc(/N=C(/SC)N2CC(N3C(=O)COc4cc(F)ccc43)C2)cn1. The van der Waals surface area contributed by atoms with Crippen molar-refractivity contribution >= 4 is 34.2 Å². The molecular formula is C19H19FN4O3S. The van der Waals surface area contributed by atoms with E-state index in [2.05, 4.69) is 14.9 Å². The molecular weight excluding hydrogens is 383 g/mol. The largest absolute Gasteiger partial charge is 0.481 e. The lowest BCUT2D eigenvalue weighted by Gasteiger charge is -2.47. The molecule has 1 amide bonds. The summed E-state index contributed by atoms with van der Waals surface area (Å²) in [6.45, 7) is 1.21. The van der Waals surface area contributed by atoms with Gasteiger partial charge in [0.25, 0.3) is 5.91 Å². The molecule has 3 heterocycles. The average molecular weight is 402 g/mol. The Morgan fingerprint density at radius 3 is 2.86 bits per heavy atom.